The summed E-state index contributed by atoms with van der Waals surface area (Å²) in [5.74, 6) is -0.709. The smallest absolute Gasteiger partial charge is 0.258 e. The Morgan fingerprint density at radius 1 is 1.43 bits per heavy atom. The van der Waals surface area contributed by atoms with E-state index in [4.69, 9.17) is 4.74 Å². The molecule has 5 nitrogen and oxygen atoms in total. The number of nitrogens with zero attached hydrogens (tertiary/aromatic N) is 2. The maximum Gasteiger partial charge on any atom is 0.258 e. The van der Waals surface area contributed by atoms with Crippen LogP contribution in [0.15, 0.2) is 28.1 Å². The van der Waals surface area contributed by atoms with Gasteiger partial charge in [-0.25, -0.2) is 9.37 Å². The Bertz CT molecular complexity index is 704. The van der Waals surface area contributed by atoms with Crippen molar-refractivity contribution in [2.45, 2.75) is 6.54 Å². The highest BCUT2D eigenvalue weighted by atomic mass is 79.9. The fourth-order valence-corrected chi connectivity index (χ4v) is 3.49. The second kappa shape index (κ2) is 7.48. The summed E-state index contributed by atoms with van der Waals surface area (Å²) in [4.78, 5) is 18.9. The number of thiazole rings is 1. The zero-order valence-corrected chi connectivity index (χ0v) is 14.6. The standard InChI is InChI=1S/C15H15BrFN3O2S/c16-13-7-10(17)1-2-12(13)14(21)19-15-18-11(9-23-15)8-20-3-5-22-6-4-20/h1-2,7,9H,3-6,8H2,(H,18,19,21). The Morgan fingerprint density at radius 3 is 2.96 bits per heavy atom. The Hall–Kier alpha value is -1.35. The van der Waals surface area contributed by atoms with Crippen LogP contribution in [0.2, 0.25) is 0 Å². The van der Waals surface area contributed by atoms with E-state index in [2.05, 4.69) is 31.1 Å². The molecule has 0 unspecified atom stereocenters. The van der Waals surface area contributed by atoms with E-state index in [-0.39, 0.29) is 5.91 Å². The molecule has 0 bridgehead atoms. The third-order valence-corrected chi connectivity index (χ3v) is 4.90. The summed E-state index contributed by atoms with van der Waals surface area (Å²) >= 11 is 4.58. The summed E-state index contributed by atoms with van der Waals surface area (Å²) < 4.78 is 18.8. The van der Waals surface area contributed by atoms with Crippen molar-refractivity contribution >= 4 is 38.3 Å². The highest BCUT2D eigenvalue weighted by Gasteiger charge is 2.15. The van der Waals surface area contributed by atoms with Crippen molar-refractivity contribution in [1.82, 2.24) is 9.88 Å². The van der Waals surface area contributed by atoms with Gasteiger partial charge in [-0.1, -0.05) is 0 Å². The Balaban J connectivity index is 1.62. The second-order valence-corrected chi connectivity index (χ2v) is 6.82. The van der Waals surface area contributed by atoms with Crippen LogP contribution in [0.1, 0.15) is 16.1 Å². The number of hydrogen-bond acceptors (Lipinski definition) is 5. The third-order valence-electron chi connectivity index (χ3n) is 3.44. The summed E-state index contributed by atoms with van der Waals surface area (Å²) in [6.45, 7) is 4.01. The van der Waals surface area contributed by atoms with E-state index < -0.39 is 5.82 Å². The lowest BCUT2D eigenvalue weighted by Crippen LogP contribution is -2.35. The van der Waals surface area contributed by atoms with Crippen LogP contribution in [-0.4, -0.2) is 42.1 Å². The van der Waals surface area contributed by atoms with Gasteiger partial charge in [0.25, 0.3) is 5.91 Å². The van der Waals surface area contributed by atoms with Gasteiger partial charge in [-0.15, -0.1) is 11.3 Å². The number of rotatable bonds is 4. The molecule has 23 heavy (non-hydrogen) atoms. The molecule has 8 heteroatoms. The summed E-state index contributed by atoms with van der Waals surface area (Å²) in [6.07, 6.45) is 0. The van der Waals surface area contributed by atoms with E-state index in [1.54, 1.807) is 0 Å². The molecule has 2 heterocycles. The summed E-state index contributed by atoms with van der Waals surface area (Å²) in [5, 5.41) is 5.22. The first kappa shape index (κ1) is 16.5. The van der Waals surface area contributed by atoms with Crippen LogP contribution in [0.5, 0.6) is 0 Å². The summed E-state index contributed by atoms with van der Waals surface area (Å²) in [6, 6.07) is 3.96. The molecule has 0 saturated carbocycles. The third kappa shape index (κ3) is 4.35. The molecule has 1 amide bonds. The van der Waals surface area contributed by atoms with Crippen molar-refractivity contribution in [2.24, 2.45) is 0 Å². The van der Waals surface area contributed by atoms with Crippen LogP contribution < -0.4 is 5.32 Å². The number of ether oxygens (including phenoxy) is 1. The molecule has 0 atom stereocenters. The van der Waals surface area contributed by atoms with Gasteiger partial charge in [0.15, 0.2) is 5.13 Å². The molecule has 1 N–H and O–H groups in total. The van der Waals surface area contributed by atoms with Crippen molar-refractivity contribution in [3.8, 4) is 0 Å². The van der Waals surface area contributed by atoms with Crippen LogP contribution >= 0.6 is 27.3 Å². The van der Waals surface area contributed by atoms with Crippen molar-refractivity contribution in [3.63, 3.8) is 0 Å². The molecule has 1 fully saturated rings. The van der Waals surface area contributed by atoms with E-state index in [0.717, 1.165) is 38.5 Å². The summed E-state index contributed by atoms with van der Waals surface area (Å²) in [5.41, 5.74) is 1.29. The molecule has 0 spiro atoms. The molecule has 2 aromatic rings. The first-order chi connectivity index (χ1) is 11.1. The van der Waals surface area contributed by atoms with Crippen molar-refractivity contribution < 1.29 is 13.9 Å². The van der Waals surface area contributed by atoms with Gasteiger partial charge >= 0.3 is 0 Å². The minimum absolute atomic E-state index is 0.316. The Morgan fingerprint density at radius 2 is 2.22 bits per heavy atom. The van der Waals surface area contributed by atoms with Gasteiger partial charge in [-0.3, -0.25) is 15.0 Å². The number of nitrogens with one attached hydrogen (secondary N) is 1. The van der Waals surface area contributed by atoms with Gasteiger partial charge in [0.2, 0.25) is 0 Å². The van der Waals surface area contributed by atoms with E-state index in [9.17, 15) is 9.18 Å². The number of morpholine rings is 1. The molecule has 0 radical (unpaired) electrons. The van der Waals surface area contributed by atoms with E-state index in [1.807, 2.05) is 5.38 Å². The fourth-order valence-electron chi connectivity index (χ4n) is 2.26. The first-order valence-electron chi connectivity index (χ1n) is 7.13. The number of carbonyl (C=O) groups is 1. The average Bonchev–Trinajstić information content (AvgIpc) is 2.95. The lowest BCUT2D eigenvalue weighted by atomic mass is 10.2. The number of benzene rings is 1. The van der Waals surface area contributed by atoms with Crippen LogP contribution in [-0.2, 0) is 11.3 Å². The van der Waals surface area contributed by atoms with Gasteiger partial charge in [-0.2, -0.15) is 0 Å². The predicted molar refractivity (Wildman–Crippen MR) is 90.3 cm³/mol. The molecule has 1 aromatic heterocycles. The molecular weight excluding hydrogens is 385 g/mol. The number of aromatic nitrogens is 1. The van der Waals surface area contributed by atoms with Crippen molar-refractivity contribution in [3.05, 3.63) is 45.1 Å². The molecule has 122 valence electrons. The van der Waals surface area contributed by atoms with Gasteiger partial charge in [0.05, 0.1) is 24.5 Å². The number of hydrogen-bond donors (Lipinski definition) is 1. The molecule has 1 aromatic carbocycles. The molecule has 1 saturated heterocycles. The molecule has 1 aliphatic heterocycles. The van der Waals surface area contributed by atoms with Crippen LogP contribution in [0.3, 0.4) is 0 Å². The van der Waals surface area contributed by atoms with Crippen LogP contribution in [0.4, 0.5) is 9.52 Å². The predicted octanol–water partition coefficient (Wildman–Crippen LogP) is 3.13. The lowest BCUT2D eigenvalue weighted by Gasteiger charge is -2.25. The highest BCUT2D eigenvalue weighted by molar-refractivity contribution is 9.10. The topological polar surface area (TPSA) is 54.5 Å². The minimum atomic E-state index is -0.393. The number of amides is 1. The Labute approximate surface area is 145 Å². The molecular formula is C15H15BrFN3O2S. The monoisotopic (exact) mass is 399 g/mol. The fraction of sp³-hybridized carbons (Fsp3) is 0.333. The number of halogens is 2. The van der Waals surface area contributed by atoms with Gasteiger partial charge < -0.3 is 4.74 Å². The van der Waals surface area contributed by atoms with Gasteiger partial charge in [0.1, 0.15) is 5.82 Å². The zero-order chi connectivity index (χ0) is 16.2. The van der Waals surface area contributed by atoms with E-state index >= 15 is 0 Å². The van der Waals surface area contributed by atoms with E-state index in [1.165, 1.54) is 29.5 Å². The Kier molecular flexibility index (Phi) is 5.37. The normalized spacial score (nSPS) is 15.6. The molecule has 3 rings (SSSR count). The summed E-state index contributed by atoms with van der Waals surface area (Å²) in [7, 11) is 0. The van der Waals surface area contributed by atoms with E-state index in [0.29, 0.717) is 15.2 Å². The first-order valence-corrected chi connectivity index (χ1v) is 8.80. The van der Waals surface area contributed by atoms with Crippen LogP contribution in [0.25, 0.3) is 0 Å². The molecule has 1 aliphatic rings. The van der Waals surface area contributed by atoms with Crippen LogP contribution in [0, 0.1) is 5.82 Å². The lowest BCUT2D eigenvalue weighted by molar-refractivity contribution is 0.0337. The quantitative estimate of drug-likeness (QED) is 0.857. The minimum Gasteiger partial charge on any atom is -0.379 e. The SMILES string of the molecule is O=C(Nc1nc(CN2CCOCC2)cs1)c1ccc(F)cc1Br. The number of anilines is 1. The second-order valence-electron chi connectivity index (χ2n) is 5.11. The van der Waals surface area contributed by atoms with Gasteiger partial charge in [0, 0.05) is 29.5 Å². The zero-order valence-electron chi connectivity index (χ0n) is 12.2. The van der Waals surface area contributed by atoms with Gasteiger partial charge in [-0.05, 0) is 34.1 Å². The maximum absolute atomic E-state index is 13.1. The molecule has 0 aliphatic carbocycles. The van der Waals surface area contributed by atoms with Crippen molar-refractivity contribution in [2.75, 3.05) is 31.6 Å². The maximum atomic E-state index is 13.1. The number of carbonyl (C=O) groups excluding carboxylic acids is 1. The average molecular weight is 400 g/mol. The highest BCUT2D eigenvalue weighted by Crippen LogP contribution is 2.22. The largest absolute Gasteiger partial charge is 0.379 e. The van der Waals surface area contributed by atoms with Crippen molar-refractivity contribution in [1.29, 1.82) is 0 Å².